The lowest BCUT2D eigenvalue weighted by atomic mass is 10.1. The molecule has 0 saturated carbocycles. The fourth-order valence-corrected chi connectivity index (χ4v) is 3.58. The topological polar surface area (TPSA) is 107 Å². The third-order valence-electron chi connectivity index (χ3n) is 3.50. The molecule has 0 fully saturated rings. The normalized spacial score (nSPS) is 15.9. The minimum Gasteiger partial charge on any atom is -0.366 e. The van der Waals surface area contributed by atoms with E-state index in [1.807, 2.05) is 0 Å². The average molecular weight is 330 g/mol. The first-order valence-electron chi connectivity index (χ1n) is 6.95. The minimum atomic E-state index is -0.608. The highest BCUT2D eigenvalue weighted by molar-refractivity contribution is 7.99. The summed E-state index contributed by atoms with van der Waals surface area (Å²) in [5.41, 5.74) is 5.74. The quantitative estimate of drug-likeness (QED) is 0.814. The molecule has 8 heteroatoms. The Kier molecular flexibility index (Phi) is 4.16. The van der Waals surface area contributed by atoms with Crippen molar-refractivity contribution in [3.8, 4) is 0 Å². The molecule has 1 aromatic heterocycles. The number of aromatic nitrogens is 2. The Balaban J connectivity index is 1.75. The van der Waals surface area contributed by atoms with Gasteiger partial charge in [0.05, 0.1) is 17.3 Å². The largest absolute Gasteiger partial charge is 0.366 e. The number of rotatable bonds is 4. The molecular formula is C15H14N4O3S. The number of hydrogen-bond acceptors (Lipinski definition) is 5. The van der Waals surface area contributed by atoms with Crippen LogP contribution in [0.5, 0.6) is 0 Å². The highest BCUT2D eigenvalue weighted by Crippen LogP contribution is 2.31. The SMILES string of the molecule is NC(=O)c1ccccc1NC(=O)CC1CSc2nccc(=O)n21. The van der Waals surface area contributed by atoms with Crippen LogP contribution in [-0.2, 0) is 4.79 Å². The number of carbonyl (C=O) groups excluding carboxylic acids is 2. The van der Waals surface area contributed by atoms with Crippen LogP contribution in [0.25, 0.3) is 0 Å². The second-order valence-electron chi connectivity index (χ2n) is 5.06. The number of thioether (sulfide) groups is 1. The van der Waals surface area contributed by atoms with Gasteiger partial charge in [-0.3, -0.25) is 19.0 Å². The maximum atomic E-state index is 12.3. The van der Waals surface area contributed by atoms with E-state index in [-0.39, 0.29) is 29.5 Å². The molecule has 23 heavy (non-hydrogen) atoms. The van der Waals surface area contributed by atoms with Gasteiger partial charge in [0.25, 0.3) is 11.5 Å². The lowest BCUT2D eigenvalue weighted by Gasteiger charge is -2.14. The van der Waals surface area contributed by atoms with E-state index in [0.717, 1.165) is 0 Å². The van der Waals surface area contributed by atoms with Crippen molar-refractivity contribution >= 4 is 29.3 Å². The van der Waals surface area contributed by atoms with Crippen LogP contribution >= 0.6 is 11.8 Å². The lowest BCUT2D eigenvalue weighted by Crippen LogP contribution is -2.27. The summed E-state index contributed by atoms with van der Waals surface area (Å²) in [5, 5.41) is 3.30. The summed E-state index contributed by atoms with van der Waals surface area (Å²) in [6.07, 6.45) is 1.59. The zero-order valence-electron chi connectivity index (χ0n) is 12.1. The molecular weight excluding hydrogens is 316 g/mol. The smallest absolute Gasteiger partial charge is 0.254 e. The minimum absolute atomic E-state index is 0.124. The first kappa shape index (κ1) is 15.3. The molecule has 0 radical (unpaired) electrons. The molecule has 3 N–H and O–H groups in total. The van der Waals surface area contributed by atoms with E-state index in [9.17, 15) is 14.4 Å². The van der Waals surface area contributed by atoms with Gasteiger partial charge in [0, 0.05) is 24.4 Å². The van der Waals surface area contributed by atoms with E-state index in [1.54, 1.807) is 24.3 Å². The maximum absolute atomic E-state index is 12.3. The van der Waals surface area contributed by atoms with Crippen LogP contribution in [-0.4, -0.2) is 27.1 Å². The molecule has 2 amide bonds. The molecule has 118 valence electrons. The predicted octanol–water partition coefficient (Wildman–Crippen LogP) is 1.02. The lowest BCUT2D eigenvalue weighted by molar-refractivity contribution is -0.116. The van der Waals surface area contributed by atoms with E-state index >= 15 is 0 Å². The number of fused-ring (bicyclic) bond motifs is 1. The van der Waals surface area contributed by atoms with E-state index in [4.69, 9.17) is 5.73 Å². The van der Waals surface area contributed by atoms with Crippen molar-refractivity contribution in [1.82, 2.24) is 9.55 Å². The molecule has 2 heterocycles. The number of anilines is 1. The van der Waals surface area contributed by atoms with Gasteiger partial charge in [0.1, 0.15) is 0 Å². The zero-order chi connectivity index (χ0) is 16.4. The summed E-state index contributed by atoms with van der Waals surface area (Å²) >= 11 is 1.44. The fraction of sp³-hybridized carbons (Fsp3) is 0.200. The Morgan fingerprint density at radius 2 is 2.13 bits per heavy atom. The Morgan fingerprint density at radius 3 is 2.91 bits per heavy atom. The predicted molar refractivity (Wildman–Crippen MR) is 86.5 cm³/mol. The molecule has 1 atom stereocenters. The molecule has 0 aliphatic carbocycles. The molecule has 1 aliphatic heterocycles. The first-order chi connectivity index (χ1) is 11.1. The first-order valence-corrected chi connectivity index (χ1v) is 7.94. The molecule has 0 spiro atoms. The van der Waals surface area contributed by atoms with Gasteiger partial charge in [0.15, 0.2) is 5.16 Å². The summed E-state index contributed by atoms with van der Waals surface area (Å²) in [7, 11) is 0. The third kappa shape index (κ3) is 3.11. The van der Waals surface area contributed by atoms with Gasteiger partial charge in [-0.2, -0.15) is 0 Å². The standard InChI is InChI=1S/C15H14N4O3S/c16-14(22)10-3-1-2-4-11(10)18-12(20)7-9-8-23-15-17-6-5-13(21)19(9)15/h1-6,9H,7-8H2,(H2,16,22)(H,18,20). The van der Waals surface area contributed by atoms with Gasteiger partial charge in [-0.15, -0.1) is 0 Å². The molecule has 2 aromatic rings. The summed E-state index contributed by atoms with van der Waals surface area (Å²) in [4.78, 5) is 39.7. The van der Waals surface area contributed by atoms with Crippen LogP contribution in [0, 0.1) is 0 Å². The molecule has 1 aromatic carbocycles. The number of para-hydroxylation sites is 1. The van der Waals surface area contributed by atoms with Gasteiger partial charge in [-0.05, 0) is 12.1 Å². The van der Waals surface area contributed by atoms with E-state index in [2.05, 4.69) is 10.3 Å². The Morgan fingerprint density at radius 1 is 1.35 bits per heavy atom. The van der Waals surface area contributed by atoms with Crippen LogP contribution in [0.2, 0.25) is 0 Å². The van der Waals surface area contributed by atoms with Crippen molar-refractivity contribution < 1.29 is 9.59 Å². The van der Waals surface area contributed by atoms with Gasteiger partial charge in [-0.25, -0.2) is 4.98 Å². The molecule has 1 aliphatic rings. The van der Waals surface area contributed by atoms with Crippen molar-refractivity contribution in [1.29, 1.82) is 0 Å². The van der Waals surface area contributed by atoms with Crippen LogP contribution in [0.3, 0.4) is 0 Å². The summed E-state index contributed by atoms with van der Waals surface area (Å²) < 4.78 is 1.53. The third-order valence-corrected chi connectivity index (χ3v) is 4.61. The van der Waals surface area contributed by atoms with Gasteiger partial charge < -0.3 is 11.1 Å². The van der Waals surface area contributed by atoms with Crippen molar-refractivity contribution in [2.24, 2.45) is 5.73 Å². The molecule has 0 saturated heterocycles. The highest BCUT2D eigenvalue weighted by Gasteiger charge is 2.27. The Bertz CT molecular complexity index is 833. The number of nitrogens with two attached hydrogens (primary N) is 1. The second kappa shape index (κ2) is 6.25. The number of amides is 2. The highest BCUT2D eigenvalue weighted by atomic mass is 32.2. The van der Waals surface area contributed by atoms with Crippen molar-refractivity contribution in [3.05, 3.63) is 52.4 Å². The zero-order valence-corrected chi connectivity index (χ0v) is 12.9. The van der Waals surface area contributed by atoms with E-state index < -0.39 is 5.91 Å². The number of hydrogen-bond donors (Lipinski definition) is 2. The Labute approximate surface area is 135 Å². The number of nitrogens with one attached hydrogen (secondary N) is 1. The van der Waals surface area contributed by atoms with Crippen molar-refractivity contribution in [2.45, 2.75) is 17.6 Å². The van der Waals surface area contributed by atoms with Crippen molar-refractivity contribution in [3.63, 3.8) is 0 Å². The van der Waals surface area contributed by atoms with Crippen LogP contribution in [0.15, 0.2) is 46.5 Å². The number of benzene rings is 1. The monoisotopic (exact) mass is 330 g/mol. The van der Waals surface area contributed by atoms with Crippen LogP contribution in [0.4, 0.5) is 5.69 Å². The molecule has 7 nitrogen and oxygen atoms in total. The molecule has 0 bridgehead atoms. The van der Waals surface area contributed by atoms with E-state index in [0.29, 0.717) is 16.6 Å². The number of carbonyl (C=O) groups is 2. The van der Waals surface area contributed by atoms with Crippen molar-refractivity contribution in [2.75, 3.05) is 11.1 Å². The molecule has 3 rings (SSSR count). The van der Waals surface area contributed by atoms with Crippen LogP contribution < -0.4 is 16.6 Å². The fourth-order valence-electron chi connectivity index (χ4n) is 2.46. The molecule has 1 unspecified atom stereocenters. The summed E-state index contributed by atoms with van der Waals surface area (Å²) in [6.45, 7) is 0. The number of nitrogens with zero attached hydrogens (tertiary/aromatic N) is 2. The van der Waals surface area contributed by atoms with Gasteiger partial charge in [-0.1, -0.05) is 23.9 Å². The van der Waals surface area contributed by atoms with Gasteiger partial charge in [0.2, 0.25) is 5.91 Å². The summed E-state index contributed by atoms with van der Waals surface area (Å²) in [6, 6.07) is 7.66. The Hall–Kier alpha value is -2.61. The van der Waals surface area contributed by atoms with Crippen LogP contribution in [0.1, 0.15) is 22.8 Å². The van der Waals surface area contributed by atoms with Gasteiger partial charge >= 0.3 is 0 Å². The second-order valence-corrected chi connectivity index (χ2v) is 6.05. The van der Waals surface area contributed by atoms with E-state index in [1.165, 1.54) is 28.6 Å². The number of primary amides is 1. The maximum Gasteiger partial charge on any atom is 0.254 e. The summed E-state index contributed by atoms with van der Waals surface area (Å²) in [5.74, 6) is -0.284. The average Bonchev–Trinajstić information content (AvgIpc) is 2.92.